The standard InChI is InChI=1S/C36H36N6O3S2/c1-25-5-4-7-27(19-25)28-9-11-35(45-34-12-10-32(21-30(34)23-37)47(43,44)42-36-40-24-41-46-36)33(22-28)29-15-18-39-31(20-29)8-3-2-6-26-13-16-38-17-14-26/h4-5,7,9-12,15,18-22,24,26,38H,2-3,6,8,13-14,16-17H2,1H3,(H,40,41,42). The van der Waals surface area contributed by atoms with Gasteiger partial charge >= 0.3 is 0 Å². The molecule has 0 bridgehead atoms. The van der Waals surface area contributed by atoms with Gasteiger partial charge < -0.3 is 10.1 Å². The number of hydrogen-bond acceptors (Lipinski definition) is 9. The fourth-order valence-corrected chi connectivity index (χ4v) is 7.59. The molecule has 1 fully saturated rings. The molecule has 2 N–H and O–H groups in total. The lowest BCUT2D eigenvalue weighted by atomic mass is 9.92. The van der Waals surface area contributed by atoms with Gasteiger partial charge in [0, 0.05) is 29.0 Å². The zero-order valence-electron chi connectivity index (χ0n) is 26.1. The van der Waals surface area contributed by atoms with Gasteiger partial charge in [0.15, 0.2) is 0 Å². The van der Waals surface area contributed by atoms with Crippen LogP contribution in [0.4, 0.5) is 5.13 Å². The van der Waals surface area contributed by atoms with Crippen molar-refractivity contribution in [3.05, 3.63) is 102 Å². The van der Waals surface area contributed by atoms with Crippen molar-refractivity contribution in [1.82, 2.24) is 19.7 Å². The quantitative estimate of drug-likeness (QED) is 0.130. The van der Waals surface area contributed by atoms with E-state index < -0.39 is 10.0 Å². The number of benzene rings is 3. The number of ether oxygens (including phenoxy) is 1. The van der Waals surface area contributed by atoms with E-state index in [0.29, 0.717) is 5.75 Å². The van der Waals surface area contributed by atoms with Gasteiger partial charge in [-0.05, 0) is 111 Å². The number of aryl methyl sites for hydroxylation is 2. The molecule has 1 aliphatic heterocycles. The number of aromatic nitrogens is 3. The third-order valence-electron chi connectivity index (χ3n) is 8.40. The van der Waals surface area contributed by atoms with Crippen LogP contribution in [0.3, 0.4) is 0 Å². The lowest BCUT2D eigenvalue weighted by molar-refractivity contribution is 0.344. The first kappa shape index (κ1) is 32.3. The van der Waals surface area contributed by atoms with E-state index in [-0.39, 0.29) is 21.3 Å². The van der Waals surface area contributed by atoms with Crippen molar-refractivity contribution >= 4 is 26.7 Å². The van der Waals surface area contributed by atoms with Gasteiger partial charge in [-0.1, -0.05) is 48.7 Å². The fourth-order valence-electron chi connectivity index (χ4n) is 5.90. The number of nitrogens with zero attached hydrogens (tertiary/aromatic N) is 4. The minimum Gasteiger partial charge on any atom is -0.455 e. The van der Waals surface area contributed by atoms with Gasteiger partial charge in [-0.15, -0.1) is 0 Å². The number of pyridine rings is 1. The van der Waals surface area contributed by atoms with Crippen LogP contribution >= 0.6 is 11.5 Å². The number of rotatable bonds is 12. The summed E-state index contributed by atoms with van der Waals surface area (Å²) in [5.41, 5.74) is 6.19. The van der Waals surface area contributed by atoms with Gasteiger partial charge in [-0.25, -0.2) is 13.4 Å². The molecule has 240 valence electrons. The zero-order valence-corrected chi connectivity index (χ0v) is 27.8. The SMILES string of the molecule is Cc1cccc(-c2ccc(Oc3ccc(S(=O)(=O)Nc4ncns4)cc3C#N)c(-c3ccnc(CCCCC4CCNCC4)c3)c2)c1. The maximum absolute atomic E-state index is 12.9. The lowest BCUT2D eigenvalue weighted by Crippen LogP contribution is -2.27. The molecule has 6 rings (SSSR count). The van der Waals surface area contributed by atoms with Crippen molar-refractivity contribution in [3.63, 3.8) is 0 Å². The molecule has 47 heavy (non-hydrogen) atoms. The van der Waals surface area contributed by atoms with Crippen LogP contribution in [0.1, 0.15) is 48.9 Å². The molecule has 0 unspecified atom stereocenters. The summed E-state index contributed by atoms with van der Waals surface area (Å²) in [4.78, 5) is 8.48. The van der Waals surface area contributed by atoms with Crippen molar-refractivity contribution in [2.75, 3.05) is 17.8 Å². The Kier molecular flexibility index (Phi) is 10.2. The molecule has 3 heterocycles. The number of sulfonamides is 1. The molecule has 5 aromatic rings. The average Bonchev–Trinajstić information content (AvgIpc) is 3.60. The molecule has 1 aliphatic rings. The van der Waals surface area contributed by atoms with E-state index in [1.54, 1.807) is 0 Å². The average molecular weight is 665 g/mol. The van der Waals surface area contributed by atoms with E-state index in [1.807, 2.05) is 30.5 Å². The van der Waals surface area contributed by atoms with Crippen LogP contribution in [0.5, 0.6) is 11.5 Å². The topological polar surface area (TPSA) is 130 Å². The van der Waals surface area contributed by atoms with Gasteiger partial charge in [0.1, 0.15) is 23.9 Å². The summed E-state index contributed by atoms with van der Waals surface area (Å²) < 4.78 is 38.5. The Hall–Kier alpha value is -4.63. The Morgan fingerprint density at radius 1 is 0.957 bits per heavy atom. The van der Waals surface area contributed by atoms with Crippen LogP contribution in [0.15, 0.2) is 90.2 Å². The van der Waals surface area contributed by atoms with Crippen molar-refractivity contribution in [2.45, 2.75) is 50.3 Å². The maximum atomic E-state index is 12.9. The molecule has 0 radical (unpaired) electrons. The highest BCUT2D eigenvalue weighted by Crippen LogP contribution is 2.38. The third-order valence-corrected chi connectivity index (χ3v) is 10.4. The Labute approximate surface area is 279 Å². The maximum Gasteiger partial charge on any atom is 0.263 e. The Bertz CT molecular complexity index is 1980. The normalized spacial score (nSPS) is 13.6. The molecule has 0 spiro atoms. The third kappa shape index (κ3) is 8.21. The molecule has 0 atom stereocenters. The summed E-state index contributed by atoms with van der Waals surface area (Å²) in [7, 11) is -3.98. The van der Waals surface area contributed by atoms with Crippen molar-refractivity contribution in [2.24, 2.45) is 5.92 Å². The largest absolute Gasteiger partial charge is 0.455 e. The minimum absolute atomic E-state index is 0.0782. The monoisotopic (exact) mass is 664 g/mol. The molecule has 9 nitrogen and oxygen atoms in total. The predicted molar refractivity (Wildman–Crippen MR) is 185 cm³/mol. The zero-order chi connectivity index (χ0) is 32.6. The number of hydrogen-bond donors (Lipinski definition) is 2. The number of nitriles is 1. The highest BCUT2D eigenvalue weighted by atomic mass is 32.2. The molecule has 1 saturated heterocycles. The number of nitrogens with one attached hydrogen (secondary N) is 2. The van der Waals surface area contributed by atoms with Crippen molar-refractivity contribution in [1.29, 1.82) is 5.26 Å². The van der Waals surface area contributed by atoms with Gasteiger partial charge in [-0.2, -0.15) is 9.64 Å². The summed E-state index contributed by atoms with van der Waals surface area (Å²) in [6.07, 6.45) is 10.1. The summed E-state index contributed by atoms with van der Waals surface area (Å²) in [5, 5.41) is 13.6. The molecular weight excluding hydrogens is 629 g/mol. The van der Waals surface area contributed by atoms with E-state index in [9.17, 15) is 13.7 Å². The Morgan fingerprint density at radius 3 is 2.57 bits per heavy atom. The second kappa shape index (κ2) is 14.9. The molecule has 2 aromatic heterocycles. The number of anilines is 1. The Balaban J connectivity index is 1.28. The summed E-state index contributed by atoms with van der Waals surface area (Å²) >= 11 is 0.923. The van der Waals surface area contributed by atoms with Gasteiger partial charge in [0.25, 0.3) is 10.0 Å². The van der Waals surface area contributed by atoms with Crippen LogP contribution in [0.25, 0.3) is 22.3 Å². The van der Waals surface area contributed by atoms with Crippen LogP contribution in [-0.4, -0.2) is 35.8 Å². The van der Waals surface area contributed by atoms with Gasteiger partial charge in [0.05, 0.1) is 10.5 Å². The van der Waals surface area contributed by atoms with E-state index in [0.717, 1.165) is 76.9 Å². The van der Waals surface area contributed by atoms with Crippen LogP contribution in [-0.2, 0) is 16.4 Å². The molecule has 0 amide bonds. The first-order valence-electron chi connectivity index (χ1n) is 15.8. The predicted octanol–water partition coefficient (Wildman–Crippen LogP) is 7.75. The molecule has 3 aromatic carbocycles. The summed E-state index contributed by atoms with van der Waals surface area (Å²) in [6.45, 7) is 4.32. The lowest BCUT2D eigenvalue weighted by Gasteiger charge is -2.22. The van der Waals surface area contributed by atoms with E-state index in [1.165, 1.54) is 50.2 Å². The molecular formula is C36H36N6O3S2. The number of unbranched alkanes of at least 4 members (excludes halogenated alkanes) is 1. The smallest absolute Gasteiger partial charge is 0.263 e. The van der Waals surface area contributed by atoms with Crippen LogP contribution in [0.2, 0.25) is 0 Å². The van der Waals surface area contributed by atoms with Crippen molar-refractivity contribution < 1.29 is 13.2 Å². The Morgan fingerprint density at radius 2 is 1.79 bits per heavy atom. The second-order valence-corrected chi connectivity index (χ2v) is 14.2. The van der Waals surface area contributed by atoms with Gasteiger partial charge in [0.2, 0.25) is 5.13 Å². The molecule has 0 aliphatic carbocycles. The van der Waals surface area contributed by atoms with E-state index in [2.05, 4.69) is 67.7 Å². The van der Waals surface area contributed by atoms with Crippen LogP contribution < -0.4 is 14.8 Å². The number of piperidine rings is 1. The van der Waals surface area contributed by atoms with Gasteiger partial charge in [-0.3, -0.25) is 9.71 Å². The first-order valence-corrected chi connectivity index (χ1v) is 18.0. The van der Waals surface area contributed by atoms with E-state index >= 15 is 0 Å². The first-order chi connectivity index (χ1) is 22.9. The highest BCUT2D eigenvalue weighted by Gasteiger charge is 2.20. The van der Waals surface area contributed by atoms with E-state index in [4.69, 9.17) is 4.74 Å². The molecule has 11 heteroatoms. The fraction of sp³-hybridized carbons (Fsp3) is 0.278. The van der Waals surface area contributed by atoms with Crippen molar-refractivity contribution in [3.8, 4) is 39.8 Å². The second-order valence-electron chi connectivity index (χ2n) is 11.8. The summed E-state index contributed by atoms with van der Waals surface area (Å²) in [5.74, 6) is 1.61. The minimum atomic E-state index is -3.98. The molecule has 0 saturated carbocycles. The van der Waals surface area contributed by atoms with Crippen LogP contribution in [0, 0.1) is 24.2 Å². The summed E-state index contributed by atoms with van der Waals surface area (Å²) in [6, 6.07) is 24.7. The highest BCUT2D eigenvalue weighted by molar-refractivity contribution is 7.93.